The highest BCUT2D eigenvalue weighted by Crippen LogP contribution is 2.19. The zero-order valence-corrected chi connectivity index (χ0v) is 11.3. The van der Waals surface area contributed by atoms with Gasteiger partial charge in [-0.1, -0.05) is 12.1 Å². The van der Waals surface area contributed by atoms with Gasteiger partial charge < -0.3 is 15.3 Å². The number of nitrogens with zero attached hydrogens (tertiary/aromatic N) is 1. The summed E-state index contributed by atoms with van der Waals surface area (Å²) < 4.78 is 19.2. The second kappa shape index (κ2) is 5.33. The molecular weight excluding hydrogens is 287 g/mol. The number of aromatic hydroxyl groups is 1. The molecule has 110 valence electrons. The number of rotatable bonds is 2. The van der Waals surface area contributed by atoms with Gasteiger partial charge in [-0.05, 0) is 36.4 Å². The van der Waals surface area contributed by atoms with Gasteiger partial charge in [-0.2, -0.15) is 0 Å². The van der Waals surface area contributed by atoms with E-state index in [9.17, 15) is 14.3 Å². The van der Waals surface area contributed by atoms with Gasteiger partial charge in [0.2, 0.25) is 5.55 Å². The van der Waals surface area contributed by atoms with Crippen molar-refractivity contribution in [3.8, 4) is 5.75 Å². The van der Waals surface area contributed by atoms with Gasteiger partial charge in [-0.25, -0.2) is 9.38 Å². The smallest absolute Gasteiger partial charge is 0.254 e. The Morgan fingerprint density at radius 2 is 1.91 bits per heavy atom. The lowest BCUT2D eigenvalue weighted by atomic mass is 10.1. The van der Waals surface area contributed by atoms with E-state index in [0.29, 0.717) is 11.1 Å². The molecule has 2 aromatic carbocycles. The molecule has 1 aromatic heterocycles. The van der Waals surface area contributed by atoms with E-state index in [1.54, 1.807) is 6.07 Å². The molecule has 0 aliphatic carbocycles. The fourth-order valence-electron chi connectivity index (χ4n) is 2.02. The van der Waals surface area contributed by atoms with E-state index >= 15 is 0 Å². The Morgan fingerprint density at radius 3 is 2.59 bits per heavy atom. The van der Waals surface area contributed by atoms with Gasteiger partial charge in [-0.15, -0.1) is 0 Å². The number of fused-ring (bicyclic) bond motifs is 1. The second-order valence-electron chi connectivity index (χ2n) is 4.62. The third-order valence-corrected chi connectivity index (χ3v) is 3.07. The van der Waals surface area contributed by atoms with E-state index in [1.807, 2.05) is 0 Å². The molecule has 1 heterocycles. The minimum atomic E-state index is -0.729. The number of halogens is 1. The predicted molar refractivity (Wildman–Crippen MR) is 78.0 cm³/mol. The standard InChI is InChI=1S/C16H11FN2O3/c17-13-3-1-2-9-8-12(15(18)21)16(22-14(9)13)19-10-4-6-11(20)7-5-10/h1-8,20H,(H2,18,21). The molecule has 6 heteroatoms. The Morgan fingerprint density at radius 1 is 1.18 bits per heavy atom. The average molecular weight is 298 g/mol. The molecule has 3 aromatic rings. The van der Waals surface area contributed by atoms with Crippen LogP contribution in [0.25, 0.3) is 11.0 Å². The molecule has 5 nitrogen and oxygen atoms in total. The predicted octanol–water partition coefficient (Wildman–Crippen LogP) is 2.61. The summed E-state index contributed by atoms with van der Waals surface area (Å²) in [6.45, 7) is 0. The van der Waals surface area contributed by atoms with Crippen molar-refractivity contribution in [2.24, 2.45) is 10.7 Å². The molecule has 0 aliphatic heterocycles. The first-order valence-electron chi connectivity index (χ1n) is 6.40. The lowest BCUT2D eigenvalue weighted by molar-refractivity contribution is 0.0996. The molecule has 3 rings (SSSR count). The van der Waals surface area contributed by atoms with E-state index in [1.165, 1.54) is 42.5 Å². The molecule has 1 amide bonds. The van der Waals surface area contributed by atoms with Gasteiger partial charge in [0.05, 0.1) is 5.69 Å². The highest BCUT2D eigenvalue weighted by atomic mass is 19.1. The van der Waals surface area contributed by atoms with Gasteiger partial charge in [0.1, 0.15) is 11.3 Å². The maximum Gasteiger partial charge on any atom is 0.254 e. The third-order valence-electron chi connectivity index (χ3n) is 3.07. The fourth-order valence-corrected chi connectivity index (χ4v) is 2.02. The van der Waals surface area contributed by atoms with Gasteiger partial charge in [-0.3, -0.25) is 4.79 Å². The van der Waals surface area contributed by atoms with Gasteiger partial charge >= 0.3 is 0 Å². The topological polar surface area (TPSA) is 88.8 Å². The first-order chi connectivity index (χ1) is 10.5. The number of benzene rings is 2. The number of carbonyl (C=O) groups is 1. The number of hydrogen-bond donors (Lipinski definition) is 2. The molecular formula is C16H11FN2O3. The van der Waals surface area contributed by atoms with Crippen molar-refractivity contribution in [3.05, 3.63) is 65.5 Å². The van der Waals surface area contributed by atoms with Crippen LogP contribution >= 0.6 is 0 Å². The molecule has 3 N–H and O–H groups in total. The Labute approximate surface area is 124 Å². The lowest BCUT2D eigenvalue weighted by Crippen LogP contribution is -2.21. The zero-order chi connectivity index (χ0) is 15.7. The molecule has 0 aliphatic rings. The van der Waals surface area contributed by atoms with Crippen LogP contribution in [-0.2, 0) is 0 Å². The number of para-hydroxylation sites is 1. The fraction of sp³-hybridized carbons (Fsp3) is 0. The molecule has 0 fully saturated rings. The summed E-state index contributed by atoms with van der Waals surface area (Å²) in [5.41, 5.74) is 5.71. The van der Waals surface area contributed by atoms with E-state index in [4.69, 9.17) is 10.2 Å². The monoisotopic (exact) mass is 298 g/mol. The van der Waals surface area contributed by atoms with Crippen LogP contribution in [0.1, 0.15) is 10.4 Å². The minimum Gasteiger partial charge on any atom is -0.508 e. The van der Waals surface area contributed by atoms with Gasteiger partial charge in [0, 0.05) is 5.39 Å². The number of nitrogens with two attached hydrogens (primary N) is 1. The first kappa shape index (κ1) is 13.8. The summed E-state index contributed by atoms with van der Waals surface area (Å²) in [4.78, 5) is 15.7. The van der Waals surface area contributed by atoms with Crippen molar-refractivity contribution in [2.75, 3.05) is 0 Å². The Bertz CT molecular complexity index is 930. The van der Waals surface area contributed by atoms with Crippen LogP contribution in [0.2, 0.25) is 0 Å². The molecule has 22 heavy (non-hydrogen) atoms. The Kier molecular flexibility index (Phi) is 3.34. The van der Waals surface area contributed by atoms with Crippen LogP contribution in [-0.4, -0.2) is 11.0 Å². The molecule has 0 unspecified atom stereocenters. The van der Waals surface area contributed by atoms with Crippen molar-refractivity contribution in [1.29, 1.82) is 0 Å². The summed E-state index contributed by atoms with van der Waals surface area (Å²) in [6.07, 6.45) is 0. The largest absolute Gasteiger partial charge is 0.508 e. The summed E-state index contributed by atoms with van der Waals surface area (Å²) in [5, 5.41) is 9.67. The Balaban J connectivity index is 2.30. The highest BCUT2D eigenvalue weighted by Gasteiger charge is 2.11. The van der Waals surface area contributed by atoms with E-state index in [2.05, 4.69) is 4.99 Å². The average Bonchev–Trinajstić information content (AvgIpc) is 2.49. The zero-order valence-electron chi connectivity index (χ0n) is 11.3. The van der Waals surface area contributed by atoms with E-state index in [0.717, 1.165) is 0 Å². The van der Waals surface area contributed by atoms with Crippen LogP contribution in [0, 0.1) is 5.82 Å². The lowest BCUT2D eigenvalue weighted by Gasteiger charge is -2.02. The maximum absolute atomic E-state index is 13.8. The van der Waals surface area contributed by atoms with E-state index < -0.39 is 11.7 Å². The van der Waals surface area contributed by atoms with Crippen LogP contribution in [0.5, 0.6) is 5.75 Å². The van der Waals surface area contributed by atoms with Crippen molar-refractivity contribution < 1.29 is 18.7 Å². The van der Waals surface area contributed by atoms with Crippen molar-refractivity contribution in [3.63, 3.8) is 0 Å². The van der Waals surface area contributed by atoms with E-state index in [-0.39, 0.29) is 22.5 Å². The van der Waals surface area contributed by atoms with Crippen molar-refractivity contribution in [1.82, 2.24) is 0 Å². The van der Waals surface area contributed by atoms with Crippen molar-refractivity contribution >= 4 is 22.6 Å². The van der Waals surface area contributed by atoms with Crippen LogP contribution in [0.3, 0.4) is 0 Å². The molecule has 0 saturated carbocycles. The summed E-state index contributed by atoms with van der Waals surface area (Å²) in [6, 6.07) is 11.7. The first-order valence-corrected chi connectivity index (χ1v) is 6.40. The van der Waals surface area contributed by atoms with Crippen LogP contribution < -0.4 is 11.3 Å². The van der Waals surface area contributed by atoms with Gasteiger partial charge in [0.25, 0.3) is 5.91 Å². The third kappa shape index (κ3) is 2.54. The Hall–Kier alpha value is -3.15. The maximum atomic E-state index is 13.8. The highest BCUT2D eigenvalue weighted by molar-refractivity contribution is 5.95. The number of phenolic OH excluding ortho intramolecular Hbond substituents is 1. The number of primary amides is 1. The summed E-state index contributed by atoms with van der Waals surface area (Å²) >= 11 is 0. The van der Waals surface area contributed by atoms with Gasteiger partial charge in [0.15, 0.2) is 11.4 Å². The summed E-state index contributed by atoms with van der Waals surface area (Å²) in [7, 11) is 0. The second-order valence-corrected chi connectivity index (χ2v) is 4.62. The molecule has 0 atom stereocenters. The number of hydrogen-bond acceptors (Lipinski definition) is 4. The number of phenols is 1. The molecule has 0 radical (unpaired) electrons. The van der Waals surface area contributed by atoms with Crippen molar-refractivity contribution in [2.45, 2.75) is 0 Å². The summed E-state index contributed by atoms with van der Waals surface area (Å²) in [5.74, 6) is -1.21. The SMILES string of the molecule is NC(=O)c1cc2cccc(F)c2oc1=Nc1ccc(O)cc1. The van der Waals surface area contributed by atoms with Crippen LogP contribution in [0.4, 0.5) is 10.1 Å². The quantitative estimate of drug-likeness (QED) is 0.762. The molecule has 0 bridgehead atoms. The number of amides is 1. The normalized spacial score (nSPS) is 11.8. The molecule has 0 spiro atoms. The number of carbonyl (C=O) groups excluding carboxylic acids is 1. The molecule has 0 saturated heterocycles. The van der Waals surface area contributed by atoms with Crippen LogP contribution in [0.15, 0.2) is 57.9 Å². The minimum absolute atomic E-state index is 0.00923.